The number of rotatable bonds is 3. The van der Waals surface area contributed by atoms with Crippen LogP contribution in [0.1, 0.15) is 15.9 Å². The molecule has 21 heavy (non-hydrogen) atoms. The second-order valence-corrected chi connectivity index (χ2v) is 5.20. The van der Waals surface area contributed by atoms with Crippen LogP contribution in [0, 0.1) is 12.7 Å². The van der Waals surface area contributed by atoms with Crippen molar-refractivity contribution in [3.05, 3.63) is 57.3 Å². The number of halogens is 3. The molecule has 0 aliphatic rings. The quantitative estimate of drug-likeness (QED) is 0.887. The van der Waals surface area contributed by atoms with E-state index in [0.717, 1.165) is 0 Å². The van der Waals surface area contributed by atoms with Crippen molar-refractivity contribution < 1.29 is 13.9 Å². The molecule has 0 saturated carbocycles. The minimum Gasteiger partial charge on any atom is -0.494 e. The fourth-order valence-corrected chi connectivity index (χ4v) is 2.49. The second-order valence-electron chi connectivity index (χ2n) is 4.39. The molecule has 0 heterocycles. The summed E-state index contributed by atoms with van der Waals surface area (Å²) in [5.74, 6) is -0.440. The molecule has 0 atom stereocenters. The van der Waals surface area contributed by atoms with E-state index in [9.17, 15) is 9.18 Å². The lowest BCUT2D eigenvalue weighted by molar-refractivity contribution is 0.102. The lowest BCUT2D eigenvalue weighted by Gasteiger charge is -2.11. The van der Waals surface area contributed by atoms with E-state index in [1.54, 1.807) is 6.92 Å². The average Bonchev–Trinajstić information content (AvgIpc) is 2.41. The first-order valence-corrected chi connectivity index (χ1v) is 6.78. The van der Waals surface area contributed by atoms with Crippen LogP contribution >= 0.6 is 23.2 Å². The van der Waals surface area contributed by atoms with Crippen LogP contribution < -0.4 is 10.1 Å². The third-order valence-electron chi connectivity index (χ3n) is 2.90. The summed E-state index contributed by atoms with van der Waals surface area (Å²) >= 11 is 12.0. The maximum atomic E-state index is 13.0. The molecule has 110 valence electrons. The molecule has 0 saturated heterocycles. The molecular weight excluding hydrogens is 316 g/mol. The summed E-state index contributed by atoms with van der Waals surface area (Å²) in [6, 6.07) is 7.02. The van der Waals surface area contributed by atoms with Crippen LogP contribution in [0.5, 0.6) is 5.75 Å². The highest BCUT2D eigenvalue weighted by Gasteiger charge is 2.14. The Hall–Kier alpha value is -1.78. The summed E-state index contributed by atoms with van der Waals surface area (Å²) in [6.07, 6.45) is 0. The normalized spacial score (nSPS) is 10.3. The standard InChI is InChI=1S/C15H12Cl2FNO2/c1-8-5-10(18)3-4-13(8)19-15(20)9-6-11(16)14(21-2)12(17)7-9/h3-7H,1-2H3,(H,19,20). The zero-order valence-corrected chi connectivity index (χ0v) is 12.8. The van der Waals surface area contributed by atoms with Crippen molar-refractivity contribution in [2.24, 2.45) is 0 Å². The summed E-state index contributed by atoms with van der Waals surface area (Å²) in [7, 11) is 1.44. The van der Waals surface area contributed by atoms with Gasteiger partial charge >= 0.3 is 0 Å². The van der Waals surface area contributed by atoms with Crippen LogP contribution in [0.2, 0.25) is 10.0 Å². The van der Waals surface area contributed by atoms with E-state index in [2.05, 4.69) is 5.32 Å². The number of amides is 1. The molecule has 2 rings (SSSR count). The number of carbonyl (C=O) groups excluding carboxylic acids is 1. The molecule has 0 aliphatic carbocycles. The van der Waals surface area contributed by atoms with Crippen molar-refractivity contribution in [1.82, 2.24) is 0 Å². The molecule has 2 aromatic carbocycles. The number of methoxy groups -OCH3 is 1. The minimum absolute atomic E-state index is 0.242. The molecular formula is C15H12Cl2FNO2. The molecule has 2 aromatic rings. The van der Waals surface area contributed by atoms with Crippen molar-refractivity contribution in [1.29, 1.82) is 0 Å². The van der Waals surface area contributed by atoms with Crippen LogP contribution in [0.15, 0.2) is 30.3 Å². The molecule has 0 unspecified atom stereocenters. The van der Waals surface area contributed by atoms with Crippen molar-refractivity contribution in [3.8, 4) is 5.75 Å². The molecule has 1 N–H and O–H groups in total. The number of carbonyl (C=O) groups is 1. The van der Waals surface area contributed by atoms with Gasteiger partial charge in [0.15, 0.2) is 5.75 Å². The van der Waals surface area contributed by atoms with E-state index in [-0.39, 0.29) is 21.4 Å². The van der Waals surface area contributed by atoms with Crippen LogP contribution in [0.3, 0.4) is 0 Å². The van der Waals surface area contributed by atoms with Gasteiger partial charge in [0.2, 0.25) is 0 Å². The second kappa shape index (κ2) is 6.33. The Morgan fingerprint density at radius 2 is 1.81 bits per heavy atom. The largest absolute Gasteiger partial charge is 0.494 e. The van der Waals surface area contributed by atoms with Gasteiger partial charge in [-0.05, 0) is 42.8 Å². The predicted molar refractivity (Wildman–Crippen MR) is 82.1 cm³/mol. The SMILES string of the molecule is COc1c(Cl)cc(C(=O)Nc2ccc(F)cc2C)cc1Cl. The summed E-state index contributed by atoms with van der Waals surface area (Å²) in [5, 5.41) is 3.17. The summed E-state index contributed by atoms with van der Waals surface area (Å²) in [4.78, 5) is 12.2. The summed E-state index contributed by atoms with van der Waals surface area (Å²) in [6.45, 7) is 1.70. The zero-order valence-electron chi connectivity index (χ0n) is 11.3. The maximum Gasteiger partial charge on any atom is 0.255 e. The molecule has 6 heteroatoms. The number of anilines is 1. The highest BCUT2D eigenvalue weighted by Crippen LogP contribution is 2.34. The van der Waals surface area contributed by atoms with Crippen molar-refractivity contribution in [2.45, 2.75) is 6.92 Å². The van der Waals surface area contributed by atoms with Gasteiger partial charge in [-0.1, -0.05) is 23.2 Å². The Kier molecular flexibility index (Phi) is 4.70. The van der Waals surface area contributed by atoms with E-state index in [4.69, 9.17) is 27.9 Å². The van der Waals surface area contributed by atoms with E-state index < -0.39 is 5.91 Å². The van der Waals surface area contributed by atoms with Gasteiger partial charge in [-0.3, -0.25) is 4.79 Å². The first-order chi connectivity index (χ1) is 9.92. The summed E-state index contributed by atoms with van der Waals surface area (Å²) < 4.78 is 18.1. The van der Waals surface area contributed by atoms with Crippen LogP contribution in [0.4, 0.5) is 10.1 Å². The Balaban J connectivity index is 2.28. The average molecular weight is 328 g/mol. The first-order valence-electron chi connectivity index (χ1n) is 6.03. The number of nitrogens with one attached hydrogen (secondary N) is 1. The van der Waals surface area contributed by atoms with Gasteiger partial charge in [0.25, 0.3) is 5.91 Å². The van der Waals surface area contributed by atoms with Gasteiger partial charge in [-0.25, -0.2) is 4.39 Å². The predicted octanol–water partition coefficient (Wildman–Crippen LogP) is 4.70. The highest BCUT2D eigenvalue weighted by molar-refractivity contribution is 6.37. The van der Waals surface area contributed by atoms with Crippen molar-refractivity contribution in [2.75, 3.05) is 12.4 Å². The van der Waals surface area contributed by atoms with Gasteiger partial charge < -0.3 is 10.1 Å². The number of aryl methyl sites for hydroxylation is 1. The third-order valence-corrected chi connectivity index (χ3v) is 3.46. The molecule has 0 spiro atoms. The van der Waals surface area contributed by atoms with Crippen molar-refractivity contribution >= 4 is 34.8 Å². The van der Waals surface area contributed by atoms with Gasteiger partial charge in [0, 0.05) is 11.3 Å². The van der Waals surface area contributed by atoms with Crippen molar-refractivity contribution in [3.63, 3.8) is 0 Å². The maximum absolute atomic E-state index is 13.0. The molecule has 0 aliphatic heterocycles. The smallest absolute Gasteiger partial charge is 0.255 e. The monoisotopic (exact) mass is 327 g/mol. The fourth-order valence-electron chi connectivity index (χ4n) is 1.85. The number of ether oxygens (including phenoxy) is 1. The van der Waals surface area contributed by atoms with E-state index in [0.29, 0.717) is 17.0 Å². The number of hydrogen-bond acceptors (Lipinski definition) is 2. The lowest BCUT2D eigenvalue weighted by Crippen LogP contribution is -2.13. The Morgan fingerprint density at radius 1 is 1.19 bits per heavy atom. The first kappa shape index (κ1) is 15.6. The van der Waals surface area contributed by atoms with Crippen LogP contribution in [0.25, 0.3) is 0 Å². The fraction of sp³-hybridized carbons (Fsp3) is 0.133. The zero-order chi connectivity index (χ0) is 15.6. The Bertz CT molecular complexity index is 681. The van der Waals surface area contributed by atoms with Crippen LogP contribution in [-0.2, 0) is 0 Å². The van der Waals surface area contributed by atoms with Gasteiger partial charge in [0.1, 0.15) is 5.82 Å². The van der Waals surface area contributed by atoms with Gasteiger partial charge in [-0.2, -0.15) is 0 Å². The van der Waals surface area contributed by atoms with E-state index in [1.165, 1.54) is 37.4 Å². The molecule has 0 fully saturated rings. The Labute approximate surface area is 131 Å². The molecule has 0 aromatic heterocycles. The molecule has 3 nitrogen and oxygen atoms in total. The minimum atomic E-state index is -0.392. The summed E-state index contributed by atoms with van der Waals surface area (Å²) in [5.41, 5.74) is 1.42. The van der Waals surface area contributed by atoms with Crippen LogP contribution in [-0.4, -0.2) is 13.0 Å². The molecule has 0 radical (unpaired) electrons. The molecule has 0 bridgehead atoms. The lowest BCUT2D eigenvalue weighted by atomic mass is 10.1. The highest BCUT2D eigenvalue weighted by atomic mass is 35.5. The molecule has 1 amide bonds. The topological polar surface area (TPSA) is 38.3 Å². The third kappa shape index (κ3) is 3.46. The van der Waals surface area contributed by atoms with E-state index >= 15 is 0 Å². The van der Waals surface area contributed by atoms with Gasteiger partial charge in [-0.15, -0.1) is 0 Å². The van der Waals surface area contributed by atoms with E-state index in [1.807, 2.05) is 0 Å². The Morgan fingerprint density at radius 3 is 2.33 bits per heavy atom. The number of benzene rings is 2. The van der Waals surface area contributed by atoms with Gasteiger partial charge in [0.05, 0.1) is 17.2 Å². The number of hydrogen-bond donors (Lipinski definition) is 1.